The Hall–Kier alpha value is -2.04. The van der Waals surface area contributed by atoms with Crippen LogP contribution in [0.25, 0.3) is 11.0 Å². The summed E-state index contributed by atoms with van der Waals surface area (Å²) in [5.41, 5.74) is 0.921. The number of aromatic nitrogens is 2. The van der Waals surface area contributed by atoms with Gasteiger partial charge in [-0.2, -0.15) is 0 Å². The van der Waals surface area contributed by atoms with E-state index in [1.807, 2.05) is 45.0 Å². The highest BCUT2D eigenvalue weighted by molar-refractivity contribution is 5.80. The third-order valence-electron chi connectivity index (χ3n) is 2.50. The summed E-state index contributed by atoms with van der Waals surface area (Å²) in [5, 5.41) is 2.84. The van der Waals surface area contributed by atoms with Gasteiger partial charge in [-0.25, -0.2) is 4.79 Å². The summed E-state index contributed by atoms with van der Waals surface area (Å²) in [4.78, 5) is 26.3. The first-order valence-electron chi connectivity index (χ1n) is 5.85. The molecule has 0 atom stereocenters. The highest BCUT2D eigenvalue weighted by Crippen LogP contribution is 2.08. The lowest BCUT2D eigenvalue weighted by Gasteiger charge is -2.20. The van der Waals surface area contributed by atoms with Crippen molar-refractivity contribution in [3.05, 3.63) is 34.7 Å². The van der Waals surface area contributed by atoms with Crippen LogP contribution in [0.4, 0.5) is 0 Å². The summed E-state index contributed by atoms with van der Waals surface area (Å²) in [5.74, 6) is -0.172. The van der Waals surface area contributed by atoms with Crippen molar-refractivity contribution >= 4 is 16.9 Å². The minimum absolute atomic E-state index is 0.0279. The van der Waals surface area contributed by atoms with Gasteiger partial charge in [-0.1, -0.05) is 12.1 Å². The molecule has 0 saturated carbocycles. The van der Waals surface area contributed by atoms with Crippen LogP contribution >= 0.6 is 0 Å². The summed E-state index contributed by atoms with van der Waals surface area (Å²) in [6, 6.07) is 7.32. The van der Waals surface area contributed by atoms with Gasteiger partial charge in [-0.3, -0.25) is 9.36 Å². The van der Waals surface area contributed by atoms with Crippen LogP contribution in [0.1, 0.15) is 20.8 Å². The van der Waals surface area contributed by atoms with Crippen LogP contribution in [-0.2, 0) is 11.3 Å². The highest BCUT2D eigenvalue weighted by atomic mass is 16.2. The molecule has 96 valence electrons. The topological polar surface area (TPSA) is 66.9 Å². The fourth-order valence-corrected chi connectivity index (χ4v) is 1.87. The monoisotopic (exact) mass is 247 g/mol. The lowest BCUT2D eigenvalue weighted by Crippen LogP contribution is -2.43. The molecule has 5 nitrogen and oxygen atoms in total. The van der Waals surface area contributed by atoms with E-state index in [1.54, 1.807) is 0 Å². The molecule has 0 saturated heterocycles. The Morgan fingerprint density at radius 2 is 2.00 bits per heavy atom. The van der Waals surface area contributed by atoms with Crippen molar-refractivity contribution in [2.75, 3.05) is 0 Å². The summed E-state index contributed by atoms with van der Waals surface area (Å²) < 4.78 is 1.44. The molecule has 0 aliphatic carbocycles. The number of carbonyl (C=O) groups is 1. The van der Waals surface area contributed by atoms with E-state index in [0.29, 0.717) is 0 Å². The van der Waals surface area contributed by atoms with Crippen LogP contribution in [0.3, 0.4) is 0 Å². The maximum atomic E-state index is 11.8. The van der Waals surface area contributed by atoms with Gasteiger partial charge in [0.2, 0.25) is 5.91 Å². The molecule has 1 heterocycles. The number of benzene rings is 1. The average molecular weight is 247 g/mol. The SMILES string of the molecule is CC(C)(C)NC(=O)Cn1c(=O)[nH]c2ccccc21. The number of hydrogen-bond donors (Lipinski definition) is 2. The standard InChI is InChI=1S/C13H17N3O2/c1-13(2,3)15-11(17)8-16-10-7-5-4-6-9(10)14-12(16)18/h4-7H,8H2,1-3H3,(H,14,18)(H,15,17). The van der Waals surface area contributed by atoms with Gasteiger partial charge in [0.05, 0.1) is 11.0 Å². The van der Waals surface area contributed by atoms with Crippen LogP contribution in [0, 0.1) is 0 Å². The van der Waals surface area contributed by atoms with E-state index >= 15 is 0 Å². The first-order valence-corrected chi connectivity index (χ1v) is 5.85. The molecule has 0 fully saturated rings. The number of fused-ring (bicyclic) bond motifs is 1. The molecule has 5 heteroatoms. The zero-order chi connectivity index (χ0) is 13.3. The summed E-state index contributed by atoms with van der Waals surface area (Å²) >= 11 is 0. The van der Waals surface area contributed by atoms with Gasteiger partial charge in [0.1, 0.15) is 6.54 Å². The van der Waals surface area contributed by atoms with Crippen LogP contribution in [0.2, 0.25) is 0 Å². The molecule has 0 unspecified atom stereocenters. The molecule has 18 heavy (non-hydrogen) atoms. The van der Waals surface area contributed by atoms with E-state index in [2.05, 4.69) is 10.3 Å². The third-order valence-corrected chi connectivity index (χ3v) is 2.50. The smallest absolute Gasteiger partial charge is 0.326 e. The number of imidazole rings is 1. The lowest BCUT2D eigenvalue weighted by molar-refractivity contribution is -0.123. The number of hydrogen-bond acceptors (Lipinski definition) is 2. The van der Waals surface area contributed by atoms with Crippen molar-refractivity contribution in [2.24, 2.45) is 0 Å². The van der Waals surface area contributed by atoms with E-state index in [9.17, 15) is 9.59 Å². The quantitative estimate of drug-likeness (QED) is 0.838. The van der Waals surface area contributed by atoms with Gasteiger partial charge >= 0.3 is 5.69 Å². The number of rotatable bonds is 2. The molecule has 0 radical (unpaired) electrons. The fraction of sp³-hybridized carbons (Fsp3) is 0.385. The number of para-hydroxylation sites is 2. The van der Waals surface area contributed by atoms with Crippen molar-refractivity contribution in [1.29, 1.82) is 0 Å². The summed E-state index contributed by atoms with van der Waals surface area (Å²) in [6.07, 6.45) is 0. The number of H-pyrrole nitrogens is 1. The number of aromatic amines is 1. The number of nitrogens with one attached hydrogen (secondary N) is 2. The molecule has 0 aliphatic rings. The van der Waals surface area contributed by atoms with E-state index in [1.165, 1.54) is 4.57 Å². The molecule has 1 aromatic heterocycles. The zero-order valence-corrected chi connectivity index (χ0v) is 10.8. The van der Waals surface area contributed by atoms with E-state index < -0.39 is 0 Å². The lowest BCUT2D eigenvalue weighted by atomic mass is 10.1. The third kappa shape index (κ3) is 2.61. The minimum Gasteiger partial charge on any atom is -0.350 e. The van der Waals surface area contributed by atoms with E-state index in [0.717, 1.165) is 11.0 Å². The normalized spacial score (nSPS) is 11.7. The molecule has 2 rings (SSSR count). The average Bonchev–Trinajstić information content (AvgIpc) is 2.53. The van der Waals surface area contributed by atoms with Crippen LogP contribution < -0.4 is 11.0 Å². The van der Waals surface area contributed by atoms with Gasteiger partial charge in [-0.05, 0) is 32.9 Å². The molecule has 2 aromatic rings. The molecule has 0 bridgehead atoms. The number of nitrogens with zero attached hydrogens (tertiary/aromatic N) is 1. The number of carbonyl (C=O) groups excluding carboxylic acids is 1. The Morgan fingerprint density at radius 1 is 1.33 bits per heavy atom. The minimum atomic E-state index is -0.299. The van der Waals surface area contributed by atoms with Gasteiger partial charge in [0.25, 0.3) is 0 Å². The van der Waals surface area contributed by atoms with Crippen LogP contribution in [0.5, 0.6) is 0 Å². The Kier molecular flexibility index (Phi) is 2.98. The fourth-order valence-electron chi connectivity index (χ4n) is 1.87. The Balaban J connectivity index is 2.30. The van der Waals surface area contributed by atoms with Gasteiger partial charge < -0.3 is 10.3 Å². The molecule has 2 N–H and O–H groups in total. The Labute approximate surface area is 105 Å². The highest BCUT2D eigenvalue weighted by Gasteiger charge is 2.16. The Bertz CT molecular complexity index is 631. The molecule has 1 amide bonds. The maximum Gasteiger partial charge on any atom is 0.326 e. The predicted molar refractivity (Wildman–Crippen MR) is 70.5 cm³/mol. The van der Waals surface area contributed by atoms with E-state index in [-0.39, 0.29) is 23.7 Å². The molecule has 0 spiro atoms. The second kappa shape index (κ2) is 4.33. The second-order valence-electron chi connectivity index (χ2n) is 5.33. The van der Waals surface area contributed by atoms with Crippen LogP contribution in [0.15, 0.2) is 29.1 Å². The number of amides is 1. The maximum absolute atomic E-state index is 11.8. The van der Waals surface area contributed by atoms with Gasteiger partial charge in [0.15, 0.2) is 0 Å². The summed E-state index contributed by atoms with van der Waals surface area (Å²) in [7, 11) is 0. The van der Waals surface area contributed by atoms with Gasteiger partial charge in [0, 0.05) is 5.54 Å². The largest absolute Gasteiger partial charge is 0.350 e. The van der Waals surface area contributed by atoms with Crippen molar-refractivity contribution in [3.63, 3.8) is 0 Å². The van der Waals surface area contributed by atoms with Gasteiger partial charge in [-0.15, -0.1) is 0 Å². The van der Waals surface area contributed by atoms with Crippen molar-refractivity contribution in [3.8, 4) is 0 Å². The van der Waals surface area contributed by atoms with Crippen molar-refractivity contribution in [1.82, 2.24) is 14.9 Å². The molecule has 1 aromatic carbocycles. The van der Waals surface area contributed by atoms with E-state index in [4.69, 9.17) is 0 Å². The second-order valence-corrected chi connectivity index (χ2v) is 5.33. The molecular weight excluding hydrogens is 230 g/mol. The van der Waals surface area contributed by atoms with Crippen LogP contribution in [-0.4, -0.2) is 21.0 Å². The van der Waals surface area contributed by atoms with Crippen molar-refractivity contribution < 1.29 is 4.79 Å². The molecular formula is C13H17N3O2. The predicted octanol–water partition coefficient (Wildman–Crippen LogP) is 1.24. The first-order chi connectivity index (χ1) is 8.37. The van der Waals surface area contributed by atoms with Crippen molar-refractivity contribution in [2.45, 2.75) is 32.9 Å². The molecule has 0 aliphatic heterocycles. The zero-order valence-electron chi connectivity index (χ0n) is 10.8. The first kappa shape index (κ1) is 12.4. The Morgan fingerprint density at radius 3 is 2.67 bits per heavy atom. The summed E-state index contributed by atoms with van der Waals surface area (Å²) in [6.45, 7) is 5.74.